The second kappa shape index (κ2) is 9.29. The number of aryl methyl sites for hydroxylation is 1. The van der Waals surface area contributed by atoms with Crippen molar-refractivity contribution in [1.82, 2.24) is 10.3 Å². The minimum atomic E-state index is -1.18. The number of pyridine rings is 1. The van der Waals surface area contributed by atoms with E-state index in [0.717, 1.165) is 0 Å². The van der Waals surface area contributed by atoms with Gasteiger partial charge in [-0.15, -0.1) is 0 Å². The van der Waals surface area contributed by atoms with Crippen LogP contribution in [0.5, 0.6) is 17.2 Å². The van der Waals surface area contributed by atoms with Crippen LogP contribution in [0.4, 0.5) is 0 Å². The Labute approximate surface area is 197 Å². The van der Waals surface area contributed by atoms with Crippen molar-refractivity contribution in [3.8, 4) is 17.2 Å². The molecule has 3 N–H and O–H groups in total. The molecule has 0 saturated carbocycles. The molecule has 7 nitrogen and oxygen atoms in total. The molecule has 1 aromatic heterocycles. The predicted molar refractivity (Wildman–Crippen MR) is 100 cm³/mol. The van der Waals surface area contributed by atoms with Crippen LogP contribution in [0.15, 0.2) is 48.5 Å². The van der Waals surface area contributed by atoms with Crippen LogP contribution >= 0.6 is 0 Å². The zero-order valence-corrected chi connectivity index (χ0v) is 18.0. The van der Waals surface area contributed by atoms with E-state index in [0.29, 0.717) is 28.0 Å². The smallest absolute Gasteiger partial charge is 0.322 e. The Morgan fingerprint density at radius 3 is 2.44 bits per heavy atom. The van der Waals surface area contributed by atoms with Crippen molar-refractivity contribution in [3.05, 3.63) is 59.9 Å². The number of carboxylic acid groups (broad SMARTS) is 1. The number of hydrogen-bond donors (Lipinski definition) is 3. The van der Waals surface area contributed by atoms with Gasteiger partial charge in [0.25, 0.3) is 5.91 Å². The van der Waals surface area contributed by atoms with Crippen LogP contribution in [-0.4, -0.2) is 85.0 Å². The topological polar surface area (TPSA) is 109 Å². The fourth-order valence-corrected chi connectivity index (χ4v) is 2.52. The molecule has 0 atom stereocenters. The monoisotopic (exact) mass is 391 g/mol. The molecule has 0 unspecified atom stereocenters. The summed E-state index contributed by atoms with van der Waals surface area (Å²) in [5.41, 5.74) is 0.296. The van der Waals surface area contributed by atoms with Gasteiger partial charge in [-0.2, -0.15) is 0 Å². The third-order valence-corrected chi connectivity index (χ3v) is 3.73. The molecule has 0 spiro atoms. The molecule has 1 heterocycles. The zero-order chi connectivity index (χ0) is 18.7. The van der Waals surface area contributed by atoms with Crippen molar-refractivity contribution >= 4 is 74.0 Å². The SMILES string of the molecule is Cc1nc(C(=O)NCC(=O)O)c(O)c2ccc(Oc3ccccc3)cc12.[K]. The van der Waals surface area contributed by atoms with Crippen molar-refractivity contribution in [3.63, 3.8) is 0 Å². The van der Waals surface area contributed by atoms with Gasteiger partial charge in [-0.25, -0.2) is 4.98 Å². The number of rotatable bonds is 5. The van der Waals surface area contributed by atoms with E-state index in [9.17, 15) is 14.7 Å². The Kier molecular flexibility index (Phi) is 7.34. The first-order chi connectivity index (χ1) is 12.5. The molecular weight excluding hydrogens is 375 g/mol. The Balaban J connectivity index is 0.00000261. The summed E-state index contributed by atoms with van der Waals surface area (Å²) in [6.07, 6.45) is 0. The third kappa shape index (κ3) is 5.05. The first-order valence-corrected chi connectivity index (χ1v) is 7.82. The number of aromatic nitrogens is 1. The largest absolute Gasteiger partial charge is 0.505 e. The number of aromatic hydroxyl groups is 1. The van der Waals surface area contributed by atoms with Crippen LogP contribution < -0.4 is 10.1 Å². The first-order valence-electron chi connectivity index (χ1n) is 7.82. The number of nitrogens with one attached hydrogen (secondary N) is 1. The van der Waals surface area contributed by atoms with E-state index in [4.69, 9.17) is 9.84 Å². The molecule has 1 radical (unpaired) electrons. The average Bonchev–Trinajstić information content (AvgIpc) is 2.63. The third-order valence-electron chi connectivity index (χ3n) is 3.73. The molecule has 0 fully saturated rings. The van der Waals surface area contributed by atoms with Crippen molar-refractivity contribution < 1.29 is 24.5 Å². The first kappa shape index (κ1) is 21.3. The van der Waals surface area contributed by atoms with E-state index >= 15 is 0 Å². The van der Waals surface area contributed by atoms with Crippen LogP contribution in [0, 0.1) is 6.92 Å². The average molecular weight is 391 g/mol. The van der Waals surface area contributed by atoms with Crippen molar-refractivity contribution in [2.24, 2.45) is 0 Å². The summed E-state index contributed by atoms with van der Waals surface area (Å²) in [7, 11) is 0. The number of carboxylic acids is 1. The van der Waals surface area contributed by atoms with Gasteiger partial charge in [0.05, 0.1) is 0 Å². The van der Waals surface area contributed by atoms with Gasteiger partial charge in [0.2, 0.25) is 0 Å². The summed E-state index contributed by atoms with van der Waals surface area (Å²) in [6.45, 7) is 1.14. The molecule has 133 valence electrons. The van der Waals surface area contributed by atoms with Gasteiger partial charge in [-0.1, -0.05) is 18.2 Å². The molecule has 0 aliphatic rings. The fraction of sp³-hybridized carbons (Fsp3) is 0.105. The number of carbonyl (C=O) groups excluding carboxylic acids is 1. The van der Waals surface area contributed by atoms with E-state index in [2.05, 4.69) is 10.3 Å². The Bertz CT molecular complexity index is 992. The molecule has 27 heavy (non-hydrogen) atoms. The van der Waals surface area contributed by atoms with E-state index < -0.39 is 18.4 Å². The number of carbonyl (C=O) groups is 2. The second-order valence-corrected chi connectivity index (χ2v) is 5.59. The molecular formula is C19H16KN2O5. The number of fused-ring (bicyclic) bond motifs is 1. The van der Waals surface area contributed by atoms with Crippen LogP contribution in [0.25, 0.3) is 10.8 Å². The Morgan fingerprint density at radius 1 is 1.07 bits per heavy atom. The molecule has 0 saturated heterocycles. The molecule has 3 rings (SSSR count). The van der Waals surface area contributed by atoms with Crippen LogP contribution in [-0.2, 0) is 4.79 Å². The summed E-state index contributed by atoms with van der Waals surface area (Å²) in [5.74, 6) is -1.00. The maximum atomic E-state index is 12.1. The summed E-state index contributed by atoms with van der Waals surface area (Å²) >= 11 is 0. The maximum absolute atomic E-state index is 12.1. The minimum absolute atomic E-state index is 0. The zero-order valence-electron chi connectivity index (χ0n) is 14.9. The van der Waals surface area contributed by atoms with Gasteiger partial charge < -0.3 is 20.3 Å². The summed E-state index contributed by atoms with van der Waals surface area (Å²) < 4.78 is 5.77. The molecule has 2 aromatic carbocycles. The standard InChI is InChI=1S/C19H16N2O5.K/c1-11-15-9-13(26-12-5-3-2-4-6-12)7-8-14(15)18(24)17(21-11)19(25)20-10-16(22)23;/h2-9,24H,10H2,1H3,(H,20,25)(H,22,23);. The number of benzene rings is 2. The van der Waals surface area contributed by atoms with Crippen LogP contribution in [0.1, 0.15) is 16.2 Å². The molecule has 0 aliphatic heterocycles. The van der Waals surface area contributed by atoms with E-state index in [1.54, 1.807) is 25.1 Å². The van der Waals surface area contributed by atoms with Gasteiger partial charge in [-0.05, 0) is 37.3 Å². The van der Waals surface area contributed by atoms with E-state index in [1.165, 1.54) is 0 Å². The summed E-state index contributed by atoms with van der Waals surface area (Å²) in [4.78, 5) is 26.7. The van der Waals surface area contributed by atoms with Crippen molar-refractivity contribution in [2.45, 2.75) is 6.92 Å². The van der Waals surface area contributed by atoms with Gasteiger partial charge >= 0.3 is 5.97 Å². The number of nitrogens with zero attached hydrogens (tertiary/aromatic N) is 1. The number of amides is 1. The van der Waals surface area contributed by atoms with Gasteiger partial charge in [0, 0.05) is 67.9 Å². The predicted octanol–water partition coefficient (Wildman–Crippen LogP) is 2.47. The summed E-state index contributed by atoms with van der Waals surface area (Å²) in [6, 6.07) is 14.3. The number of aliphatic carboxylic acids is 1. The number of para-hydroxylation sites is 1. The summed E-state index contributed by atoms with van der Waals surface area (Å²) in [5, 5.41) is 22.3. The van der Waals surface area contributed by atoms with Gasteiger partial charge in [-0.3, -0.25) is 9.59 Å². The Morgan fingerprint density at radius 2 is 1.78 bits per heavy atom. The van der Waals surface area contributed by atoms with Crippen LogP contribution in [0.3, 0.4) is 0 Å². The molecule has 0 aliphatic carbocycles. The molecule has 3 aromatic rings. The molecule has 1 amide bonds. The maximum Gasteiger partial charge on any atom is 0.322 e. The van der Waals surface area contributed by atoms with Crippen LogP contribution in [0.2, 0.25) is 0 Å². The normalized spacial score (nSPS) is 10.1. The van der Waals surface area contributed by atoms with E-state index in [1.807, 2.05) is 30.3 Å². The number of ether oxygens (including phenoxy) is 1. The van der Waals surface area contributed by atoms with Crippen molar-refractivity contribution in [1.29, 1.82) is 0 Å². The fourth-order valence-electron chi connectivity index (χ4n) is 2.52. The molecule has 0 bridgehead atoms. The van der Waals surface area contributed by atoms with Crippen molar-refractivity contribution in [2.75, 3.05) is 6.54 Å². The van der Waals surface area contributed by atoms with E-state index in [-0.39, 0.29) is 62.8 Å². The number of hydrogen-bond acceptors (Lipinski definition) is 5. The quantitative estimate of drug-likeness (QED) is 0.577. The molecule has 8 heteroatoms. The Hall–Kier alpha value is -1.97. The minimum Gasteiger partial charge on any atom is -0.505 e. The second-order valence-electron chi connectivity index (χ2n) is 5.59. The van der Waals surface area contributed by atoms with Gasteiger partial charge in [0.15, 0.2) is 11.4 Å². The van der Waals surface area contributed by atoms with Gasteiger partial charge in [0.1, 0.15) is 18.0 Å².